The molecule has 0 amide bonds. The van der Waals surface area contributed by atoms with Gasteiger partial charge in [0.05, 0.1) is 16.3 Å². The Morgan fingerprint density at radius 1 is 1.50 bits per heavy atom. The Labute approximate surface area is 108 Å². The van der Waals surface area contributed by atoms with Crippen LogP contribution in [0.1, 0.15) is 5.69 Å². The lowest BCUT2D eigenvalue weighted by atomic mass is 10.3. The van der Waals surface area contributed by atoms with Crippen LogP contribution in [0.2, 0.25) is 5.02 Å². The number of nitrogens with one attached hydrogen (secondary N) is 1. The molecule has 0 bridgehead atoms. The number of rotatable bonds is 4. The summed E-state index contributed by atoms with van der Waals surface area (Å²) >= 11 is 5.75. The summed E-state index contributed by atoms with van der Waals surface area (Å²) in [7, 11) is 1.83. The van der Waals surface area contributed by atoms with Gasteiger partial charge in [0.1, 0.15) is 5.02 Å². The molecule has 18 heavy (non-hydrogen) atoms. The van der Waals surface area contributed by atoms with Crippen LogP contribution in [0.5, 0.6) is 0 Å². The smallest absolute Gasteiger partial charge is 0.290 e. The van der Waals surface area contributed by atoms with E-state index in [0.717, 1.165) is 5.69 Å². The number of halogens is 1. The summed E-state index contributed by atoms with van der Waals surface area (Å²) in [5.41, 5.74) is 1.34. The van der Waals surface area contributed by atoms with Gasteiger partial charge in [-0.05, 0) is 25.2 Å². The molecular formula is C11H11ClN4O2. The molecule has 6 nitrogen and oxygen atoms in total. The molecule has 1 N–H and O–H groups in total. The molecule has 0 spiro atoms. The monoisotopic (exact) mass is 266 g/mol. The zero-order valence-corrected chi connectivity index (χ0v) is 10.4. The third-order valence-corrected chi connectivity index (χ3v) is 2.71. The maximum absolute atomic E-state index is 10.8. The lowest BCUT2D eigenvalue weighted by Crippen LogP contribution is -2.06. The van der Waals surface area contributed by atoms with Crippen molar-refractivity contribution in [2.24, 2.45) is 0 Å². The van der Waals surface area contributed by atoms with Gasteiger partial charge in [0.15, 0.2) is 0 Å². The van der Waals surface area contributed by atoms with Crippen LogP contribution in [-0.4, -0.2) is 21.8 Å². The molecule has 2 rings (SSSR count). The summed E-state index contributed by atoms with van der Waals surface area (Å²) in [5, 5.41) is 18.2. The van der Waals surface area contributed by atoms with Gasteiger partial charge in [-0.1, -0.05) is 11.6 Å². The third kappa shape index (κ3) is 2.49. The van der Waals surface area contributed by atoms with Crippen molar-refractivity contribution in [1.29, 1.82) is 0 Å². The molecule has 0 atom stereocenters. The molecule has 2 aromatic rings. The summed E-state index contributed by atoms with van der Waals surface area (Å²) in [6.45, 7) is 0.642. The Morgan fingerprint density at radius 3 is 2.94 bits per heavy atom. The first-order valence-corrected chi connectivity index (χ1v) is 5.63. The zero-order valence-electron chi connectivity index (χ0n) is 9.63. The standard InChI is InChI=1S/C11H11ClN4O2/c1-13-7-8-4-5-15(14-8)9-2-3-10(12)11(6-9)16(17)18/h2-6,13H,7H2,1H3. The van der Waals surface area contributed by atoms with E-state index in [1.807, 2.05) is 13.1 Å². The maximum Gasteiger partial charge on any atom is 0.290 e. The van der Waals surface area contributed by atoms with E-state index in [2.05, 4.69) is 10.4 Å². The van der Waals surface area contributed by atoms with Crippen LogP contribution < -0.4 is 5.32 Å². The van der Waals surface area contributed by atoms with Gasteiger partial charge in [-0.3, -0.25) is 10.1 Å². The minimum Gasteiger partial charge on any atom is -0.314 e. The minimum atomic E-state index is -0.510. The number of hydrogen-bond acceptors (Lipinski definition) is 4. The van der Waals surface area contributed by atoms with E-state index in [1.54, 1.807) is 16.9 Å². The number of nitrogens with zero attached hydrogens (tertiary/aromatic N) is 3. The molecule has 0 saturated heterocycles. The highest BCUT2D eigenvalue weighted by Crippen LogP contribution is 2.26. The van der Waals surface area contributed by atoms with Crippen LogP contribution in [0.3, 0.4) is 0 Å². The second kappa shape index (κ2) is 5.16. The fourth-order valence-electron chi connectivity index (χ4n) is 1.56. The molecule has 1 aromatic carbocycles. The third-order valence-electron chi connectivity index (χ3n) is 2.39. The van der Waals surface area contributed by atoms with Gasteiger partial charge in [0.25, 0.3) is 5.69 Å². The van der Waals surface area contributed by atoms with Crippen LogP contribution in [0, 0.1) is 10.1 Å². The lowest BCUT2D eigenvalue weighted by molar-refractivity contribution is -0.384. The molecule has 0 aliphatic carbocycles. The molecule has 0 fully saturated rings. The van der Waals surface area contributed by atoms with Crippen molar-refractivity contribution < 1.29 is 4.92 Å². The van der Waals surface area contributed by atoms with Crippen LogP contribution in [0.15, 0.2) is 30.5 Å². The SMILES string of the molecule is CNCc1ccn(-c2ccc(Cl)c([N+](=O)[O-])c2)n1. The van der Waals surface area contributed by atoms with Crippen molar-refractivity contribution in [3.63, 3.8) is 0 Å². The van der Waals surface area contributed by atoms with Crippen molar-refractivity contribution in [3.8, 4) is 5.69 Å². The van der Waals surface area contributed by atoms with E-state index in [1.165, 1.54) is 12.1 Å². The summed E-state index contributed by atoms with van der Waals surface area (Å²) in [5.74, 6) is 0. The van der Waals surface area contributed by atoms with Gasteiger partial charge >= 0.3 is 0 Å². The van der Waals surface area contributed by atoms with Crippen LogP contribution >= 0.6 is 11.6 Å². The summed E-state index contributed by atoms with van der Waals surface area (Å²) in [6, 6.07) is 6.43. The topological polar surface area (TPSA) is 73.0 Å². The number of nitro groups is 1. The minimum absolute atomic E-state index is 0.117. The fraction of sp³-hybridized carbons (Fsp3) is 0.182. The molecule has 0 radical (unpaired) electrons. The molecule has 7 heteroatoms. The van der Waals surface area contributed by atoms with Crippen molar-refractivity contribution >= 4 is 17.3 Å². The predicted molar refractivity (Wildman–Crippen MR) is 68.0 cm³/mol. The van der Waals surface area contributed by atoms with Gasteiger partial charge in [-0.2, -0.15) is 5.10 Å². The number of hydrogen-bond donors (Lipinski definition) is 1. The second-order valence-corrected chi connectivity index (χ2v) is 4.08. The molecule has 0 aliphatic rings. The van der Waals surface area contributed by atoms with E-state index >= 15 is 0 Å². The van der Waals surface area contributed by atoms with Gasteiger partial charge in [-0.15, -0.1) is 0 Å². The van der Waals surface area contributed by atoms with E-state index < -0.39 is 4.92 Å². The maximum atomic E-state index is 10.8. The Balaban J connectivity index is 2.38. The highest BCUT2D eigenvalue weighted by atomic mass is 35.5. The van der Waals surface area contributed by atoms with Crippen molar-refractivity contribution in [2.45, 2.75) is 6.54 Å². The highest BCUT2D eigenvalue weighted by Gasteiger charge is 2.13. The molecule has 1 aromatic heterocycles. The quantitative estimate of drug-likeness (QED) is 0.680. The average Bonchev–Trinajstić information content (AvgIpc) is 2.78. The molecule has 0 unspecified atom stereocenters. The molecule has 0 aliphatic heterocycles. The first-order valence-electron chi connectivity index (χ1n) is 5.25. The Hall–Kier alpha value is -1.92. The van der Waals surface area contributed by atoms with Gasteiger partial charge in [0, 0.05) is 18.8 Å². The van der Waals surface area contributed by atoms with E-state index in [-0.39, 0.29) is 10.7 Å². The van der Waals surface area contributed by atoms with E-state index in [4.69, 9.17) is 11.6 Å². The highest BCUT2D eigenvalue weighted by molar-refractivity contribution is 6.32. The summed E-state index contributed by atoms with van der Waals surface area (Å²) in [4.78, 5) is 10.3. The van der Waals surface area contributed by atoms with Crippen molar-refractivity contribution in [2.75, 3.05) is 7.05 Å². The predicted octanol–water partition coefficient (Wildman–Crippen LogP) is 2.15. The number of aromatic nitrogens is 2. The molecule has 0 saturated carbocycles. The Bertz CT molecular complexity index is 582. The zero-order chi connectivity index (χ0) is 13.1. The Morgan fingerprint density at radius 2 is 2.28 bits per heavy atom. The van der Waals surface area contributed by atoms with Crippen molar-refractivity contribution in [1.82, 2.24) is 15.1 Å². The summed E-state index contributed by atoms with van der Waals surface area (Å²) in [6.07, 6.45) is 1.75. The Kier molecular flexibility index (Phi) is 3.59. The van der Waals surface area contributed by atoms with Gasteiger partial charge in [0.2, 0.25) is 0 Å². The van der Waals surface area contributed by atoms with Gasteiger partial charge < -0.3 is 5.32 Å². The van der Waals surface area contributed by atoms with Crippen LogP contribution in [0.4, 0.5) is 5.69 Å². The van der Waals surface area contributed by atoms with E-state index in [0.29, 0.717) is 12.2 Å². The van der Waals surface area contributed by atoms with E-state index in [9.17, 15) is 10.1 Å². The number of nitro benzene ring substituents is 1. The van der Waals surface area contributed by atoms with Crippen molar-refractivity contribution in [3.05, 3.63) is 51.3 Å². The van der Waals surface area contributed by atoms with Crippen LogP contribution in [0.25, 0.3) is 5.69 Å². The normalized spacial score (nSPS) is 10.6. The first kappa shape index (κ1) is 12.5. The average molecular weight is 267 g/mol. The molecule has 94 valence electrons. The largest absolute Gasteiger partial charge is 0.314 e. The molecular weight excluding hydrogens is 256 g/mol. The van der Waals surface area contributed by atoms with Crippen LogP contribution in [-0.2, 0) is 6.54 Å². The second-order valence-electron chi connectivity index (χ2n) is 3.67. The fourth-order valence-corrected chi connectivity index (χ4v) is 1.75. The summed E-state index contributed by atoms with van der Waals surface area (Å²) < 4.78 is 1.58. The lowest BCUT2D eigenvalue weighted by Gasteiger charge is -2.02. The van der Waals surface area contributed by atoms with Gasteiger partial charge in [-0.25, -0.2) is 4.68 Å². The number of benzene rings is 1. The molecule has 1 heterocycles. The first-order chi connectivity index (χ1) is 8.61.